The topological polar surface area (TPSA) is 113 Å². The van der Waals surface area contributed by atoms with Gasteiger partial charge in [-0.1, -0.05) is 60.6 Å². The molecular formula is C42H70N2O6S. The SMILES string of the molecule is C=C(C)[C@@H]1CC[C@@]2(NCCN3CCS(=O)(=O)CC3)CC[C@]3(C)C(CCC4[C@@]5(C)CC[C@H](OC(=O)CC(C)(C)CC(=O)O)C(C)(C)[C@@H]5CC[C@]43C)[C@@H]12. The van der Waals surface area contributed by atoms with Gasteiger partial charge in [-0.25, -0.2) is 8.42 Å². The first-order valence-corrected chi connectivity index (χ1v) is 22.2. The van der Waals surface area contributed by atoms with Gasteiger partial charge in [-0.05, 0) is 122 Å². The number of hydrogen-bond donors (Lipinski definition) is 2. The van der Waals surface area contributed by atoms with Crippen LogP contribution in [0.15, 0.2) is 12.2 Å². The average molecular weight is 731 g/mol. The maximum atomic E-state index is 13.2. The van der Waals surface area contributed by atoms with Crippen molar-refractivity contribution in [3.05, 3.63) is 12.2 Å². The number of nitrogens with zero attached hydrogens (tertiary/aromatic N) is 1. The Morgan fingerprint density at radius 3 is 2.22 bits per heavy atom. The number of ether oxygens (including phenoxy) is 1. The Morgan fingerprint density at radius 2 is 1.57 bits per heavy atom. The minimum absolute atomic E-state index is 0.0467. The zero-order valence-corrected chi connectivity index (χ0v) is 34.1. The Bertz CT molecular complexity index is 1480. The number of carbonyl (C=O) groups is 2. The molecule has 9 heteroatoms. The van der Waals surface area contributed by atoms with Crippen molar-refractivity contribution in [3.8, 4) is 0 Å². The van der Waals surface area contributed by atoms with Crippen molar-refractivity contribution in [3.63, 3.8) is 0 Å². The summed E-state index contributed by atoms with van der Waals surface area (Å²) < 4.78 is 30.3. The van der Waals surface area contributed by atoms with E-state index in [1.165, 1.54) is 50.5 Å². The molecule has 5 saturated carbocycles. The minimum Gasteiger partial charge on any atom is -0.481 e. The molecular weight excluding hydrogens is 661 g/mol. The van der Waals surface area contributed by atoms with Crippen LogP contribution in [0.25, 0.3) is 0 Å². The molecule has 51 heavy (non-hydrogen) atoms. The van der Waals surface area contributed by atoms with Gasteiger partial charge in [0.15, 0.2) is 9.84 Å². The van der Waals surface area contributed by atoms with Crippen molar-refractivity contribution in [2.75, 3.05) is 37.7 Å². The molecule has 1 aliphatic heterocycles. The second-order valence-electron chi connectivity index (χ2n) is 20.5. The molecule has 0 spiro atoms. The molecule has 10 atom stereocenters. The summed E-state index contributed by atoms with van der Waals surface area (Å²) in [5.74, 6) is 2.28. The van der Waals surface area contributed by atoms with Gasteiger partial charge in [-0.15, -0.1) is 0 Å². The number of sulfone groups is 1. The Labute approximate surface area is 309 Å². The molecule has 8 nitrogen and oxygen atoms in total. The second-order valence-corrected chi connectivity index (χ2v) is 22.8. The number of carbonyl (C=O) groups excluding carboxylic acids is 1. The van der Waals surface area contributed by atoms with Gasteiger partial charge >= 0.3 is 11.9 Å². The van der Waals surface area contributed by atoms with Crippen LogP contribution in [-0.4, -0.2) is 79.7 Å². The maximum absolute atomic E-state index is 13.2. The van der Waals surface area contributed by atoms with E-state index in [-0.39, 0.29) is 63.6 Å². The average Bonchev–Trinajstić information content (AvgIpc) is 3.39. The Balaban J connectivity index is 1.19. The third-order valence-corrected chi connectivity index (χ3v) is 18.5. The number of hydrogen-bond acceptors (Lipinski definition) is 7. The molecule has 1 heterocycles. The number of rotatable bonds is 10. The van der Waals surface area contributed by atoms with Gasteiger partial charge in [-0.2, -0.15) is 0 Å². The summed E-state index contributed by atoms with van der Waals surface area (Å²) in [7, 11) is -2.87. The van der Waals surface area contributed by atoms with Crippen molar-refractivity contribution < 1.29 is 27.9 Å². The summed E-state index contributed by atoms with van der Waals surface area (Å²) in [6.07, 6.45) is 11.6. The van der Waals surface area contributed by atoms with Crippen molar-refractivity contribution in [2.45, 2.75) is 144 Å². The normalized spacial score (nSPS) is 43.2. The molecule has 1 saturated heterocycles. The predicted octanol–water partition coefficient (Wildman–Crippen LogP) is 7.52. The van der Waals surface area contributed by atoms with Crippen molar-refractivity contribution in [1.82, 2.24) is 10.2 Å². The summed E-state index contributed by atoms with van der Waals surface area (Å²) >= 11 is 0. The lowest BCUT2D eigenvalue weighted by Crippen LogP contribution is -2.69. The molecule has 6 rings (SSSR count). The standard InChI is InChI=1S/C42H70N2O6S/c1-28(2)29-12-17-42(43-20-21-44-22-24-51(48,49)25-23-44)19-18-40(8)30(36(29)42)10-11-32-39(7)15-14-33(38(5,6)31(39)13-16-41(32,40)9)50-35(47)27-37(3,4)26-34(45)46/h29-33,36,43H,1,10-27H2,2-9H3,(H,45,46)/t29-,30?,31-,32?,33-,36+,39-,40+,41+,42+/m0/s1. The van der Waals surface area contributed by atoms with Gasteiger partial charge in [0.1, 0.15) is 6.10 Å². The van der Waals surface area contributed by atoms with Gasteiger partial charge in [0.25, 0.3) is 0 Å². The Kier molecular flexibility index (Phi) is 10.3. The first-order chi connectivity index (χ1) is 23.6. The monoisotopic (exact) mass is 730 g/mol. The molecule has 6 aliphatic rings. The summed E-state index contributed by atoms with van der Waals surface area (Å²) in [6, 6.07) is 0. The van der Waals surface area contributed by atoms with E-state index >= 15 is 0 Å². The number of carboxylic acids is 1. The molecule has 0 bridgehead atoms. The van der Waals surface area contributed by atoms with Gasteiger partial charge in [0.2, 0.25) is 0 Å². The first kappa shape index (κ1) is 39.2. The van der Waals surface area contributed by atoms with Gasteiger partial charge < -0.3 is 20.1 Å². The first-order valence-electron chi connectivity index (χ1n) is 20.3. The van der Waals surface area contributed by atoms with Crippen LogP contribution in [-0.2, 0) is 24.2 Å². The number of aliphatic carboxylic acids is 1. The van der Waals surface area contributed by atoms with Gasteiger partial charge in [0, 0.05) is 37.1 Å². The smallest absolute Gasteiger partial charge is 0.306 e. The number of carboxylic acid groups (broad SMARTS) is 1. The highest BCUT2D eigenvalue weighted by Crippen LogP contribution is 2.76. The fourth-order valence-electron chi connectivity index (χ4n) is 14.1. The van der Waals surface area contributed by atoms with Crippen LogP contribution < -0.4 is 5.32 Å². The van der Waals surface area contributed by atoms with Crippen LogP contribution in [0.5, 0.6) is 0 Å². The zero-order chi connectivity index (χ0) is 37.4. The molecule has 0 radical (unpaired) electrons. The fraction of sp³-hybridized carbons (Fsp3) is 0.905. The zero-order valence-electron chi connectivity index (χ0n) is 33.2. The molecule has 0 aromatic rings. The highest BCUT2D eigenvalue weighted by molar-refractivity contribution is 7.91. The van der Waals surface area contributed by atoms with Crippen LogP contribution in [0.1, 0.15) is 132 Å². The summed E-state index contributed by atoms with van der Waals surface area (Å²) in [4.78, 5) is 26.9. The lowest BCUT2D eigenvalue weighted by Gasteiger charge is -2.73. The Morgan fingerprint density at radius 1 is 0.882 bits per heavy atom. The minimum atomic E-state index is -2.87. The number of esters is 1. The van der Waals surface area contributed by atoms with E-state index < -0.39 is 21.2 Å². The summed E-state index contributed by atoms with van der Waals surface area (Å²) in [6.45, 7) is 26.3. The molecule has 5 aliphatic carbocycles. The second kappa shape index (κ2) is 13.4. The van der Waals surface area contributed by atoms with Gasteiger partial charge in [-0.3, -0.25) is 9.59 Å². The number of allylic oxidation sites excluding steroid dienone is 1. The van der Waals surface area contributed by atoms with Crippen molar-refractivity contribution in [1.29, 1.82) is 0 Å². The van der Waals surface area contributed by atoms with E-state index in [1.54, 1.807) is 0 Å². The van der Waals surface area contributed by atoms with Crippen LogP contribution in [0, 0.1) is 56.7 Å². The lowest BCUT2D eigenvalue weighted by atomic mass is 9.32. The summed E-state index contributed by atoms with van der Waals surface area (Å²) in [5.41, 5.74) is 1.33. The van der Waals surface area contributed by atoms with Crippen molar-refractivity contribution >= 4 is 21.8 Å². The fourth-order valence-corrected chi connectivity index (χ4v) is 15.4. The third-order valence-electron chi connectivity index (χ3n) is 16.9. The molecule has 0 aromatic carbocycles. The molecule has 6 fully saturated rings. The lowest BCUT2D eigenvalue weighted by molar-refractivity contribution is -0.246. The maximum Gasteiger partial charge on any atom is 0.306 e. The molecule has 0 aromatic heterocycles. The molecule has 2 unspecified atom stereocenters. The number of nitrogens with one attached hydrogen (secondary N) is 1. The van der Waals surface area contributed by atoms with Crippen LogP contribution >= 0.6 is 0 Å². The highest BCUT2D eigenvalue weighted by Gasteiger charge is 2.71. The largest absolute Gasteiger partial charge is 0.481 e. The Hall–Kier alpha value is -1.45. The quantitative estimate of drug-likeness (QED) is 0.175. The van der Waals surface area contributed by atoms with Gasteiger partial charge in [0.05, 0.1) is 24.3 Å². The summed E-state index contributed by atoms with van der Waals surface area (Å²) in [5, 5.41) is 13.5. The van der Waals surface area contributed by atoms with E-state index in [4.69, 9.17) is 4.74 Å². The third kappa shape index (κ3) is 6.78. The molecule has 0 amide bonds. The predicted molar refractivity (Wildman–Crippen MR) is 203 cm³/mol. The number of fused-ring (bicyclic) bond motifs is 7. The van der Waals surface area contributed by atoms with E-state index in [1.807, 2.05) is 13.8 Å². The van der Waals surface area contributed by atoms with Crippen molar-refractivity contribution in [2.24, 2.45) is 56.7 Å². The highest BCUT2D eigenvalue weighted by atomic mass is 32.2. The van der Waals surface area contributed by atoms with E-state index in [9.17, 15) is 23.1 Å². The van der Waals surface area contributed by atoms with E-state index in [0.29, 0.717) is 42.7 Å². The van der Waals surface area contributed by atoms with Crippen LogP contribution in [0.3, 0.4) is 0 Å². The molecule has 2 N–H and O–H groups in total. The van der Waals surface area contributed by atoms with E-state index in [0.717, 1.165) is 32.4 Å². The van der Waals surface area contributed by atoms with Crippen LogP contribution in [0.2, 0.25) is 0 Å². The van der Waals surface area contributed by atoms with Crippen LogP contribution in [0.4, 0.5) is 0 Å². The molecule has 290 valence electrons. The van der Waals surface area contributed by atoms with E-state index in [2.05, 4.69) is 58.3 Å².